The van der Waals surface area contributed by atoms with Crippen molar-refractivity contribution in [3.05, 3.63) is 58.1 Å². The molecular weight excluding hydrogens is 278 g/mol. The van der Waals surface area contributed by atoms with Crippen molar-refractivity contribution in [2.24, 2.45) is 5.73 Å². The third-order valence-corrected chi connectivity index (χ3v) is 3.00. The minimum Gasteiger partial charge on any atom is -0.322 e. The quantitative estimate of drug-likeness (QED) is 0.946. The molecule has 88 valence electrons. The van der Waals surface area contributed by atoms with E-state index in [0.717, 1.165) is 15.9 Å². The number of nitrogens with two attached hydrogens (primary N) is 1. The van der Waals surface area contributed by atoms with Crippen LogP contribution in [-0.4, -0.2) is 9.97 Å². The predicted molar refractivity (Wildman–Crippen MR) is 71.5 cm³/mol. The number of hydrogen-bond acceptors (Lipinski definition) is 3. The van der Waals surface area contributed by atoms with Gasteiger partial charge in [0.2, 0.25) is 0 Å². The average molecular weight is 292 g/mol. The van der Waals surface area contributed by atoms with Crippen LogP contribution in [0, 0.1) is 6.92 Å². The number of pyridine rings is 2. The maximum atomic E-state index is 6.12. The highest BCUT2D eigenvalue weighted by molar-refractivity contribution is 9.10. The van der Waals surface area contributed by atoms with E-state index >= 15 is 0 Å². The van der Waals surface area contributed by atoms with Crippen LogP contribution in [0.2, 0.25) is 0 Å². The van der Waals surface area contributed by atoms with E-state index in [1.165, 1.54) is 5.56 Å². The smallest absolute Gasteiger partial charge is 0.0577 e. The molecule has 2 aromatic heterocycles. The minimum absolute atomic E-state index is 0.108. The summed E-state index contributed by atoms with van der Waals surface area (Å²) >= 11 is 3.36. The molecule has 0 aliphatic carbocycles. The highest BCUT2D eigenvalue weighted by atomic mass is 79.9. The Labute approximate surface area is 109 Å². The largest absolute Gasteiger partial charge is 0.322 e. The van der Waals surface area contributed by atoms with Crippen molar-refractivity contribution in [1.29, 1.82) is 0 Å². The molecule has 1 unspecified atom stereocenters. The zero-order valence-corrected chi connectivity index (χ0v) is 11.2. The number of nitrogens with zero attached hydrogens (tertiary/aromatic N) is 2. The first kappa shape index (κ1) is 12.2. The molecule has 3 nitrogen and oxygen atoms in total. The molecule has 2 N–H and O–H groups in total. The first-order valence-electron chi connectivity index (χ1n) is 5.44. The Kier molecular flexibility index (Phi) is 3.86. The summed E-state index contributed by atoms with van der Waals surface area (Å²) in [6.07, 6.45) is 4.27. The van der Waals surface area contributed by atoms with Crippen LogP contribution in [0.4, 0.5) is 0 Å². The van der Waals surface area contributed by atoms with E-state index in [2.05, 4.69) is 25.9 Å². The minimum atomic E-state index is -0.108. The van der Waals surface area contributed by atoms with Gasteiger partial charge in [-0.1, -0.05) is 0 Å². The molecule has 0 aromatic carbocycles. The highest BCUT2D eigenvalue weighted by Gasteiger charge is 2.09. The molecule has 0 saturated heterocycles. The van der Waals surface area contributed by atoms with Gasteiger partial charge in [-0.3, -0.25) is 9.97 Å². The predicted octanol–water partition coefficient (Wildman–Crippen LogP) is 2.79. The molecule has 2 rings (SSSR count). The van der Waals surface area contributed by atoms with Crippen molar-refractivity contribution in [2.75, 3.05) is 0 Å². The van der Waals surface area contributed by atoms with Gasteiger partial charge in [0.1, 0.15) is 0 Å². The van der Waals surface area contributed by atoms with Gasteiger partial charge in [-0.05, 0) is 52.7 Å². The molecule has 2 heterocycles. The summed E-state index contributed by atoms with van der Waals surface area (Å²) in [5.74, 6) is 0. The zero-order chi connectivity index (χ0) is 12.3. The highest BCUT2D eigenvalue weighted by Crippen LogP contribution is 2.15. The third kappa shape index (κ3) is 3.35. The number of hydrogen-bond donors (Lipinski definition) is 1. The molecule has 0 radical (unpaired) electrons. The van der Waals surface area contributed by atoms with Gasteiger partial charge in [0.15, 0.2) is 0 Å². The topological polar surface area (TPSA) is 51.8 Å². The number of rotatable bonds is 3. The van der Waals surface area contributed by atoms with E-state index < -0.39 is 0 Å². The van der Waals surface area contributed by atoms with Gasteiger partial charge in [0, 0.05) is 29.0 Å². The Morgan fingerprint density at radius 1 is 1.29 bits per heavy atom. The average Bonchev–Trinajstić information content (AvgIpc) is 2.32. The fraction of sp³-hybridized carbons (Fsp3) is 0.231. The summed E-state index contributed by atoms with van der Waals surface area (Å²) in [5.41, 5.74) is 9.18. The first-order valence-corrected chi connectivity index (χ1v) is 6.23. The molecule has 1 atom stereocenters. The standard InChI is InChI=1S/C13H14BrN3/c1-9-4-5-16-13(6-9)12(15)7-11-3-2-10(14)8-17-11/h2-6,8,12H,7,15H2,1H3. The lowest BCUT2D eigenvalue weighted by Gasteiger charge is -2.11. The molecule has 4 heteroatoms. The second-order valence-electron chi connectivity index (χ2n) is 4.04. The summed E-state index contributed by atoms with van der Waals surface area (Å²) in [7, 11) is 0. The Bertz CT molecular complexity index is 496. The van der Waals surface area contributed by atoms with Crippen molar-refractivity contribution >= 4 is 15.9 Å². The van der Waals surface area contributed by atoms with Gasteiger partial charge in [0.05, 0.1) is 11.7 Å². The van der Waals surface area contributed by atoms with Crippen molar-refractivity contribution < 1.29 is 0 Å². The SMILES string of the molecule is Cc1ccnc(C(N)Cc2ccc(Br)cn2)c1. The summed E-state index contributed by atoms with van der Waals surface area (Å²) in [6.45, 7) is 2.04. The summed E-state index contributed by atoms with van der Waals surface area (Å²) < 4.78 is 0.975. The van der Waals surface area contributed by atoms with Crippen LogP contribution >= 0.6 is 15.9 Å². The van der Waals surface area contributed by atoms with Crippen LogP contribution in [0.1, 0.15) is 23.0 Å². The molecule has 0 fully saturated rings. The number of aromatic nitrogens is 2. The van der Waals surface area contributed by atoms with Crippen molar-refractivity contribution in [3.63, 3.8) is 0 Å². The normalized spacial score (nSPS) is 12.4. The van der Waals surface area contributed by atoms with Gasteiger partial charge in [0.25, 0.3) is 0 Å². The molecule has 0 bridgehead atoms. The molecule has 0 aliphatic rings. The first-order chi connectivity index (χ1) is 8.15. The maximum absolute atomic E-state index is 6.12. The fourth-order valence-electron chi connectivity index (χ4n) is 1.62. The van der Waals surface area contributed by atoms with Crippen LogP contribution < -0.4 is 5.73 Å². The summed E-state index contributed by atoms with van der Waals surface area (Å²) in [5, 5.41) is 0. The Balaban J connectivity index is 2.11. The van der Waals surface area contributed by atoms with Crippen molar-refractivity contribution in [2.45, 2.75) is 19.4 Å². The molecule has 0 saturated carbocycles. The Hall–Kier alpha value is -1.26. The molecule has 0 aliphatic heterocycles. The van der Waals surface area contributed by atoms with Crippen LogP contribution in [0.3, 0.4) is 0 Å². The molecule has 17 heavy (non-hydrogen) atoms. The van der Waals surface area contributed by atoms with E-state index in [1.54, 1.807) is 12.4 Å². The van der Waals surface area contributed by atoms with E-state index in [9.17, 15) is 0 Å². The molecule has 2 aromatic rings. The molecule has 0 spiro atoms. The van der Waals surface area contributed by atoms with Gasteiger partial charge in [-0.2, -0.15) is 0 Å². The molecular formula is C13H14BrN3. The van der Waals surface area contributed by atoms with Crippen molar-refractivity contribution in [1.82, 2.24) is 9.97 Å². The number of halogens is 1. The van der Waals surface area contributed by atoms with E-state index in [-0.39, 0.29) is 6.04 Å². The lowest BCUT2D eigenvalue weighted by molar-refractivity contribution is 0.682. The Morgan fingerprint density at radius 2 is 2.12 bits per heavy atom. The third-order valence-electron chi connectivity index (χ3n) is 2.53. The van der Waals surface area contributed by atoms with Gasteiger partial charge in [-0.15, -0.1) is 0 Å². The summed E-state index contributed by atoms with van der Waals surface area (Å²) in [6, 6.07) is 7.82. The van der Waals surface area contributed by atoms with Crippen molar-refractivity contribution in [3.8, 4) is 0 Å². The van der Waals surface area contributed by atoms with Gasteiger partial charge >= 0.3 is 0 Å². The van der Waals surface area contributed by atoms with Gasteiger partial charge < -0.3 is 5.73 Å². The molecule has 0 amide bonds. The lowest BCUT2D eigenvalue weighted by Crippen LogP contribution is -2.15. The second kappa shape index (κ2) is 5.38. The van der Waals surface area contributed by atoms with E-state index in [0.29, 0.717) is 6.42 Å². The lowest BCUT2D eigenvalue weighted by atomic mass is 10.1. The maximum Gasteiger partial charge on any atom is 0.0577 e. The fourth-order valence-corrected chi connectivity index (χ4v) is 1.85. The van der Waals surface area contributed by atoms with E-state index in [4.69, 9.17) is 5.73 Å². The van der Waals surface area contributed by atoms with Crippen LogP contribution in [0.15, 0.2) is 41.1 Å². The number of aryl methyl sites for hydroxylation is 1. The van der Waals surface area contributed by atoms with Gasteiger partial charge in [-0.25, -0.2) is 0 Å². The van der Waals surface area contributed by atoms with Crippen LogP contribution in [0.5, 0.6) is 0 Å². The van der Waals surface area contributed by atoms with Crippen LogP contribution in [-0.2, 0) is 6.42 Å². The van der Waals surface area contributed by atoms with Crippen LogP contribution in [0.25, 0.3) is 0 Å². The summed E-state index contributed by atoms with van der Waals surface area (Å²) in [4.78, 5) is 8.60. The second-order valence-corrected chi connectivity index (χ2v) is 4.95. The Morgan fingerprint density at radius 3 is 2.76 bits per heavy atom. The van der Waals surface area contributed by atoms with E-state index in [1.807, 2.05) is 31.2 Å². The monoisotopic (exact) mass is 291 g/mol. The zero-order valence-electron chi connectivity index (χ0n) is 9.60.